The number of hydrogen-bond donors (Lipinski definition) is 5. The largest absolute Gasteiger partial charge is 0.390 e. The Balaban J connectivity index is 4.38. The van der Waals surface area contributed by atoms with Crippen molar-refractivity contribution >= 4 is 75.1 Å². The number of amides is 11. The number of nitrogens with zero attached hydrogens (tertiary/aromatic N) is 7. The predicted molar refractivity (Wildman–Crippen MR) is 354 cm³/mol. The van der Waals surface area contributed by atoms with Gasteiger partial charge in [-0.3, -0.25) is 56.9 Å². The van der Waals surface area contributed by atoms with E-state index in [0.717, 1.165) is 21.0 Å². The van der Waals surface area contributed by atoms with Crippen LogP contribution in [-0.2, 0) is 71.8 Å². The van der Waals surface area contributed by atoms with Crippen LogP contribution >= 0.6 is 0 Å². The van der Waals surface area contributed by atoms with E-state index in [9.17, 15) is 51.9 Å². The number of carbonyl (C=O) groups is 11. The molecule has 0 radical (unpaired) electrons. The summed E-state index contributed by atoms with van der Waals surface area (Å²) < 4.78 is 34.1. The lowest BCUT2D eigenvalue weighted by Crippen LogP contribution is -2.63. The molecule has 0 bridgehead atoms. The number of aliphatic hydroxyl groups excluding tert-OH is 1. The van der Waals surface area contributed by atoms with Crippen molar-refractivity contribution in [1.82, 2.24) is 55.6 Å². The quantitative estimate of drug-likeness (QED) is 0.0626. The zero-order valence-electron chi connectivity index (χ0n) is 60.2. The average Bonchev–Trinajstić information content (AvgIpc) is 0.826. The number of rotatable bonds is 21. The minimum absolute atomic E-state index is 0.0337. The maximum atomic E-state index is 15.2. The molecule has 1 heterocycles. The first-order valence-electron chi connectivity index (χ1n) is 32.7. The molecule has 0 aromatic heterocycles. The van der Waals surface area contributed by atoms with E-state index in [1.165, 1.54) is 89.7 Å². The van der Waals surface area contributed by atoms with Crippen molar-refractivity contribution in [2.24, 2.45) is 35.5 Å². The minimum atomic E-state index is -3.72. The van der Waals surface area contributed by atoms with Gasteiger partial charge < -0.3 is 65.4 Å². The van der Waals surface area contributed by atoms with Gasteiger partial charge in [0.15, 0.2) is 0 Å². The van der Waals surface area contributed by atoms with Crippen molar-refractivity contribution in [3.8, 4) is 0 Å². The smallest absolute Gasteiger partial charge is 0.264 e. The summed E-state index contributed by atoms with van der Waals surface area (Å²) in [5, 5.41) is 23.0. The molecule has 5 N–H and O–H groups in total. The van der Waals surface area contributed by atoms with Gasteiger partial charge in [-0.25, -0.2) is 0 Å². The first kappa shape index (κ1) is 84.8. The second-order valence-electron chi connectivity index (χ2n) is 27.2. The number of allylic oxidation sites excluding steroid dienone is 2. The highest BCUT2D eigenvalue weighted by molar-refractivity contribution is 7.85. The van der Waals surface area contributed by atoms with E-state index in [1.54, 1.807) is 60.6 Å². The van der Waals surface area contributed by atoms with Crippen LogP contribution in [0.25, 0.3) is 0 Å². The van der Waals surface area contributed by atoms with Gasteiger partial charge in [-0.2, -0.15) is 8.42 Å². The fourth-order valence-electron chi connectivity index (χ4n) is 11.2. The van der Waals surface area contributed by atoms with Gasteiger partial charge in [0.2, 0.25) is 65.0 Å². The van der Waals surface area contributed by atoms with Gasteiger partial charge in [0, 0.05) is 55.9 Å². The molecule has 1 rings (SSSR count). The van der Waals surface area contributed by atoms with Gasteiger partial charge in [0.25, 0.3) is 10.1 Å². The van der Waals surface area contributed by atoms with E-state index < -0.39 is 172 Å². The van der Waals surface area contributed by atoms with Crippen LogP contribution in [0.3, 0.4) is 0 Å². The third kappa shape index (κ3) is 25.4. The summed E-state index contributed by atoms with van der Waals surface area (Å²) in [6.07, 6.45) is 2.90. The summed E-state index contributed by atoms with van der Waals surface area (Å²) in [6, 6.07) is -13.2. The van der Waals surface area contributed by atoms with Crippen molar-refractivity contribution in [2.45, 2.75) is 228 Å². The predicted octanol–water partition coefficient (Wildman–Crippen LogP) is 2.38. The Hall–Kier alpha value is -6.26. The molecule has 1 saturated heterocycles. The molecule has 0 aromatic carbocycles. The van der Waals surface area contributed by atoms with Crippen molar-refractivity contribution in [3.63, 3.8) is 0 Å². The fourth-order valence-corrected chi connectivity index (χ4v) is 11.7. The molecule has 93 heavy (non-hydrogen) atoms. The molecule has 28 heteroatoms. The maximum absolute atomic E-state index is 15.2. The molecule has 0 unspecified atom stereocenters. The molecule has 0 spiro atoms. The van der Waals surface area contributed by atoms with E-state index in [0.29, 0.717) is 0 Å². The molecule has 1 fully saturated rings. The van der Waals surface area contributed by atoms with Gasteiger partial charge in [0.1, 0.15) is 60.4 Å². The normalized spacial score (nSPS) is 26.1. The summed E-state index contributed by atoms with van der Waals surface area (Å²) >= 11 is 0. The highest BCUT2D eigenvalue weighted by atomic mass is 32.2. The Bertz CT molecular complexity index is 2670. The third-order valence-corrected chi connectivity index (χ3v) is 17.6. The monoisotopic (exact) mass is 1340 g/mol. The average molecular weight is 1340 g/mol. The standard InChI is InChI=1S/C65H117N11O16S/c1-25-27-30-42(13)55(78)54-59(82)68-46(26-2)61(84)70(17)36-50(77)74(21)53(45(16)91-31-28-29-32-92-93(24,89)90)58(81)69-51(40(9)10)64(87)71(18)47(33-37(3)4)57(80)66-43(14)56(79)67-44(15)60(83)72(19)48(34-38(5)6)62(85)73(20)49(35-39(7)8)63(86)75(22)52(41(11)12)65(88)76(54)23/h25,27,37-49,51-55,78H,26,28-36H2,1-24H3,(H,66,80)(H,67,79)(H,68,82)(H,69,81)/t42-,43+,44-,45-,46+,47+,48+,49-,51+,52-,53+,54+,55-/m1/s1. The number of unbranched alkanes of at least 4 members (excludes halogenated alkanes) is 1. The number of aliphatic hydroxyl groups is 1. The summed E-state index contributed by atoms with van der Waals surface area (Å²) in [5.74, 6) is -10.6. The van der Waals surface area contributed by atoms with Crippen molar-refractivity contribution in [3.05, 3.63) is 12.2 Å². The Labute approximate surface area is 555 Å². The van der Waals surface area contributed by atoms with Crippen LogP contribution in [0.1, 0.15) is 156 Å². The molecule has 1 aliphatic heterocycles. The van der Waals surface area contributed by atoms with Crippen molar-refractivity contribution in [1.29, 1.82) is 0 Å². The van der Waals surface area contributed by atoms with Gasteiger partial charge in [-0.15, -0.1) is 0 Å². The Morgan fingerprint density at radius 1 is 0.527 bits per heavy atom. The van der Waals surface area contributed by atoms with Crippen LogP contribution < -0.4 is 21.3 Å². The lowest BCUT2D eigenvalue weighted by atomic mass is 9.91. The summed E-state index contributed by atoms with van der Waals surface area (Å²) in [6.45, 7) is 26.4. The molecule has 0 saturated carbocycles. The summed E-state index contributed by atoms with van der Waals surface area (Å²) in [7, 11) is 5.89. The molecule has 0 aliphatic carbocycles. The molecule has 27 nitrogen and oxygen atoms in total. The molecular weight excluding hydrogens is 1220 g/mol. The second kappa shape index (κ2) is 38.9. The van der Waals surface area contributed by atoms with Crippen LogP contribution in [0, 0.1) is 35.5 Å². The molecule has 0 aromatic rings. The minimum Gasteiger partial charge on any atom is -0.390 e. The molecule has 11 amide bonds. The van der Waals surface area contributed by atoms with E-state index in [1.807, 2.05) is 41.5 Å². The number of likely N-dealkylation sites (N-methyl/N-ethyl adjacent to an activating group) is 7. The number of ether oxygens (including phenoxy) is 1. The van der Waals surface area contributed by atoms with Crippen molar-refractivity contribution in [2.75, 3.05) is 75.3 Å². The van der Waals surface area contributed by atoms with Gasteiger partial charge in [-0.1, -0.05) is 95.2 Å². The second-order valence-corrected chi connectivity index (χ2v) is 28.8. The van der Waals surface area contributed by atoms with Crippen LogP contribution in [0.5, 0.6) is 0 Å². The van der Waals surface area contributed by atoms with Crippen LogP contribution in [0.4, 0.5) is 0 Å². The number of nitrogens with one attached hydrogen (secondary N) is 4. The lowest BCUT2D eigenvalue weighted by molar-refractivity contribution is -0.157. The summed E-state index contributed by atoms with van der Waals surface area (Å²) in [4.78, 5) is 170. The molecular formula is C65H117N11O16S. The Kier molecular flexibility index (Phi) is 35.5. The van der Waals surface area contributed by atoms with Gasteiger partial charge >= 0.3 is 0 Å². The lowest BCUT2D eigenvalue weighted by Gasteiger charge is -2.41. The van der Waals surface area contributed by atoms with E-state index >= 15 is 14.4 Å². The highest BCUT2D eigenvalue weighted by Crippen LogP contribution is 2.26. The molecule has 13 atom stereocenters. The zero-order valence-corrected chi connectivity index (χ0v) is 61.0. The molecule has 534 valence electrons. The van der Waals surface area contributed by atoms with E-state index in [2.05, 4.69) is 21.3 Å². The number of carbonyl (C=O) groups excluding carboxylic acids is 11. The first-order chi connectivity index (χ1) is 42.9. The SMILES string of the molecule is CC=CC[C@@H](C)[C@@H](O)[C@H]1C(=O)N[C@@H](CC)C(=O)N(C)CC(=O)N(C)[C@@H]([C@@H](C)OCCCCOS(C)(=O)=O)C(=O)N[C@@H](C(C)C)C(=O)N(C)[C@@H](CC(C)C)C(=O)N[C@@H](C)C(=O)N[C@H](C)C(=O)N(C)[C@@H](CC(C)C)C(=O)N(C)[C@H](CC(C)C)C(=O)N(C)[C@H](C(C)C)C(=O)N1C. The van der Waals surface area contributed by atoms with Crippen molar-refractivity contribution < 1.29 is 75.2 Å². The van der Waals surface area contributed by atoms with E-state index in [4.69, 9.17) is 8.92 Å². The van der Waals surface area contributed by atoms with Gasteiger partial charge in [0.05, 0.1) is 31.6 Å². The topological polar surface area (TPSA) is 331 Å². The zero-order chi connectivity index (χ0) is 72.0. The van der Waals surface area contributed by atoms with Crippen LogP contribution in [0.2, 0.25) is 0 Å². The van der Waals surface area contributed by atoms with Crippen LogP contribution in [0.15, 0.2) is 12.2 Å². The Morgan fingerprint density at radius 3 is 1.47 bits per heavy atom. The summed E-state index contributed by atoms with van der Waals surface area (Å²) in [5.41, 5.74) is 0. The van der Waals surface area contributed by atoms with Gasteiger partial charge in [-0.05, 0) is 108 Å². The Morgan fingerprint density at radius 2 is 0.989 bits per heavy atom. The third-order valence-electron chi connectivity index (χ3n) is 17.0. The van der Waals surface area contributed by atoms with E-state index in [-0.39, 0.29) is 75.9 Å². The number of hydrogen-bond acceptors (Lipinski definition) is 16. The van der Waals surface area contributed by atoms with Crippen LogP contribution in [-0.4, -0.2) is 261 Å². The molecule has 1 aliphatic rings. The highest BCUT2D eigenvalue weighted by Gasteiger charge is 2.46. The first-order valence-corrected chi connectivity index (χ1v) is 34.5. The fraction of sp³-hybridized carbons (Fsp3) is 0.800. The maximum Gasteiger partial charge on any atom is 0.264 e.